The molecule has 7 nitrogen and oxygen atoms in total. The highest BCUT2D eigenvalue weighted by Crippen LogP contribution is 2.43. The smallest absolute Gasteiger partial charge is 0.430 e. The van der Waals surface area contributed by atoms with E-state index in [0.717, 1.165) is 49.7 Å². The van der Waals surface area contributed by atoms with E-state index in [9.17, 15) is 22.8 Å². The lowest BCUT2D eigenvalue weighted by Crippen LogP contribution is -2.40. The Hall–Kier alpha value is -3.44. The Bertz CT molecular complexity index is 1660. The van der Waals surface area contributed by atoms with Gasteiger partial charge in [-0.25, -0.2) is 4.79 Å². The van der Waals surface area contributed by atoms with Gasteiger partial charge in [0.1, 0.15) is 5.75 Å². The van der Waals surface area contributed by atoms with Gasteiger partial charge in [-0.15, -0.1) is 12.4 Å². The summed E-state index contributed by atoms with van der Waals surface area (Å²) in [7, 11) is 3.26. The van der Waals surface area contributed by atoms with Gasteiger partial charge in [-0.2, -0.15) is 13.2 Å². The van der Waals surface area contributed by atoms with E-state index < -0.39 is 23.8 Å². The predicted octanol–water partition coefficient (Wildman–Crippen LogP) is 8.57. The number of Topliss-reactive ketones (excluding diaryl/α,β-unsaturated/α-hetero) is 1. The minimum atomic E-state index is -4.86. The molecular formula is C35H35Cl3F3NO6. The molecule has 2 heterocycles. The molecule has 3 aromatic rings. The molecule has 0 saturated carbocycles. The van der Waals surface area contributed by atoms with Gasteiger partial charge in [0.25, 0.3) is 0 Å². The van der Waals surface area contributed by atoms with E-state index in [1.165, 1.54) is 30.5 Å². The van der Waals surface area contributed by atoms with E-state index >= 15 is 0 Å². The number of ether oxygens (including phenoxy) is 3. The van der Waals surface area contributed by atoms with Gasteiger partial charge >= 0.3 is 12.1 Å². The summed E-state index contributed by atoms with van der Waals surface area (Å²) < 4.78 is 53.7. The topological polar surface area (TPSA) is 85.3 Å². The largest absolute Gasteiger partial charge is 0.493 e. The van der Waals surface area contributed by atoms with Crippen LogP contribution in [0.15, 0.2) is 60.2 Å². The van der Waals surface area contributed by atoms with Crippen LogP contribution in [0.4, 0.5) is 13.2 Å². The highest BCUT2D eigenvalue weighted by atomic mass is 35.5. The summed E-state index contributed by atoms with van der Waals surface area (Å²) in [5, 5.41) is 8.87. The maximum Gasteiger partial charge on any atom is 0.430 e. The zero-order valence-corrected chi connectivity index (χ0v) is 28.5. The number of fused-ring (bicyclic) bond motifs is 2. The van der Waals surface area contributed by atoms with E-state index in [1.807, 2.05) is 12.1 Å². The van der Waals surface area contributed by atoms with Gasteiger partial charge in [0.2, 0.25) is 6.10 Å². The van der Waals surface area contributed by atoms with Crippen LogP contribution in [0, 0.1) is 11.8 Å². The first-order valence-corrected chi connectivity index (χ1v) is 15.9. The minimum Gasteiger partial charge on any atom is -0.493 e. The molecule has 0 amide bonds. The molecule has 0 radical (unpaired) electrons. The molecular weight excluding hydrogens is 694 g/mol. The van der Waals surface area contributed by atoms with E-state index in [-0.39, 0.29) is 45.5 Å². The number of nitrogens with zero attached hydrogens (tertiary/aromatic N) is 1. The van der Waals surface area contributed by atoms with Crippen molar-refractivity contribution >= 4 is 53.4 Å². The second-order valence-corrected chi connectivity index (χ2v) is 12.7. The number of rotatable bonds is 7. The second-order valence-electron chi connectivity index (χ2n) is 11.8. The molecule has 2 aliphatic heterocycles. The van der Waals surface area contributed by atoms with Crippen LogP contribution in [0.3, 0.4) is 0 Å². The van der Waals surface area contributed by atoms with Crippen LogP contribution in [0.5, 0.6) is 17.2 Å². The third-order valence-electron chi connectivity index (χ3n) is 8.70. The summed E-state index contributed by atoms with van der Waals surface area (Å²) >= 11 is 11.4. The predicted molar refractivity (Wildman–Crippen MR) is 180 cm³/mol. The Morgan fingerprint density at radius 2 is 1.67 bits per heavy atom. The van der Waals surface area contributed by atoms with E-state index in [4.69, 9.17) is 42.5 Å². The van der Waals surface area contributed by atoms with Crippen molar-refractivity contribution in [3.63, 3.8) is 0 Å². The zero-order chi connectivity index (χ0) is 33.9. The fraction of sp³-hybridized carbons (Fsp3) is 0.371. The summed E-state index contributed by atoms with van der Waals surface area (Å²) in [4.78, 5) is 26.3. The van der Waals surface area contributed by atoms with Crippen molar-refractivity contribution in [1.29, 1.82) is 0 Å². The Kier molecular flexibility index (Phi) is 12.3. The van der Waals surface area contributed by atoms with E-state index in [2.05, 4.69) is 35.2 Å². The molecule has 1 unspecified atom stereocenters. The third kappa shape index (κ3) is 8.58. The molecule has 1 fully saturated rings. The van der Waals surface area contributed by atoms with Crippen LogP contribution in [0.25, 0.3) is 6.08 Å². The van der Waals surface area contributed by atoms with Crippen LogP contribution in [-0.4, -0.2) is 61.3 Å². The second kappa shape index (κ2) is 15.8. The highest BCUT2D eigenvalue weighted by molar-refractivity contribution is 6.36. The number of piperidine rings is 1. The summed E-state index contributed by atoms with van der Waals surface area (Å²) in [6.45, 7) is 3.27. The molecule has 48 heavy (non-hydrogen) atoms. The average molecular weight is 729 g/mol. The fourth-order valence-corrected chi connectivity index (χ4v) is 6.92. The SMILES string of the molecule is COc1cc2c(cc1OC)C(=O)C(CC1CCN(Cc3ccccc3)CC1)C2.Cl.O=C(O)C1=Cc2cc(Cl)cc(Cl)c2O[C@@H]1C(F)(F)F. The molecule has 0 aromatic heterocycles. The van der Waals surface area contributed by atoms with Gasteiger partial charge in [0.05, 0.1) is 24.8 Å². The lowest BCUT2D eigenvalue weighted by Gasteiger charge is -2.32. The van der Waals surface area contributed by atoms with Crippen LogP contribution < -0.4 is 14.2 Å². The van der Waals surface area contributed by atoms with Crippen LogP contribution in [0.2, 0.25) is 10.0 Å². The first-order valence-electron chi connectivity index (χ1n) is 15.1. The quantitative estimate of drug-likeness (QED) is 0.261. The lowest BCUT2D eigenvalue weighted by atomic mass is 9.85. The molecule has 6 rings (SSSR count). The summed E-state index contributed by atoms with van der Waals surface area (Å²) in [5.74, 6) is 0.426. The Balaban J connectivity index is 0.000000228. The Morgan fingerprint density at radius 3 is 2.27 bits per heavy atom. The maximum absolute atomic E-state index is 12.9. The van der Waals surface area contributed by atoms with Crippen molar-refractivity contribution in [3.05, 3.63) is 92.5 Å². The first-order chi connectivity index (χ1) is 22.4. The lowest BCUT2D eigenvalue weighted by molar-refractivity contribution is -0.187. The van der Waals surface area contributed by atoms with Crippen molar-refractivity contribution in [1.82, 2.24) is 4.90 Å². The number of likely N-dealkylation sites (tertiary alicyclic amines) is 1. The van der Waals surface area contributed by atoms with Gasteiger partial charge in [-0.05, 0) is 86.2 Å². The number of ketones is 1. The number of carboxylic acid groups (broad SMARTS) is 1. The number of aliphatic carboxylic acids is 1. The molecule has 13 heteroatoms. The normalized spacial score (nSPS) is 19.1. The van der Waals surface area contributed by atoms with Crippen molar-refractivity contribution in [2.24, 2.45) is 11.8 Å². The van der Waals surface area contributed by atoms with Crippen LogP contribution in [-0.2, 0) is 17.8 Å². The van der Waals surface area contributed by atoms with E-state index in [1.54, 1.807) is 14.2 Å². The number of carbonyl (C=O) groups excluding carboxylic acids is 1. The van der Waals surface area contributed by atoms with Crippen molar-refractivity contribution < 1.29 is 42.1 Å². The maximum atomic E-state index is 12.9. The molecule has 3 aliphatic rings. The fourth-order valence-electron chi connectivity index (χ4n) is 6.37. The summed E-state index contributed by atoms with van der Waals surface area (Å²) in [6, 6.07) is 17.0. The number of carboxylic acids is 1. The number of halogens is 6. The molecule has 0 spiro atoms. The zero-order valence-electron chi connectivity index (χ0n) is 26.2. The minimum absolute atomic E-state index is 0. The molecule has 0 bridgehead atoms. The number of hydrogen-bond donors (Lipinski definition) is 1. The standard InChI is InChI=1S/C24H29NO3.C11H5Cl2F3O3.ClH/c1-27-22-14-19-13-20(24(26)21(19)15-23(22)28-2)12-17-8-10-25(11-9-17)16-18-6-4-3-5-7-18;12-5-1-4-2-6(10(17)18)9(11(14,15)16)19-8(4)7(13)3-5;/h3-7,14-15,17,20H,8-13,16H2,1-2H3;1-3,9H,(H,17,18);1H/t;9-;/m.0./s1. The first kappa shape index (κ1) is 37.4. The van der Waals surface area contributed by atoms with Gasteiger partial charge in [0.15, 0.2) is 17.3 Å². The number of hydrogen-bond acceptors (Lipinski definition) is 6. The van der Waals surface area contributed by atoms with Crippen LogP contribution in [0.1, 0.15) is 46.3 Å². The van der Waals surface area contributed by atoms with E-state index in [0.29, 0.717) is 17.4 Å². The summed E-state index contributed by atoms with van der Waals surface area (Å²) in [5.41, 5.74) is 2.48. The number of benzene rings is 3. The molecule has 1 saturated heterocycles. The van der Waals surface area contributed by atoms with Gasteiger partial charge < -0.3 is 19.3 Å². The number of carbonyl (C=O) groups is 2. The van der Waals surface area contributed by atoms with Crippen LogP contribution >= 0.6 is 35.6 Å². The van der Waals surface area contributed by atoms with Gasteiger partial charge in [-0.3, -0.25) is 9.69 Å². The van der Waals surface area contributed by atoms with Gasteiger partial charge in [-0.1, -0.05) is 53.5 Å². The molecule has 1 aliphatic carbocycles. The Labute approximate surface area is 293 Å². The molecule has 1 N–H and O–H groups in total. The third-order valence-corrected chi connectivity index (χ3v) is 9.20. The van der Waals surface area contributed by atoms with Gasteiger partial charge in [0, 0.05) is 28.6 Å². The van der Waals surface area contributed by atoms with Crippen molar-refractivity contribution in [2.45, 2.75) is 44.5 Å². The monoisotopic (exact) mass is 727 g/mol. The molecule has 258 valence electrons. The molecule has 2 atom stereocenters. The number of methoxy groups -OCH3 is 2. The van der Waals surface area contributed by atoms with Crippen molar-refractivity contribution in [3.8, 4) is 17.2 Å². The van der Waals surface area contributed by atoms with Crippen molar-refractivity contribution in [2.75, 3.05) is 27.3 Å². The Morgan fingerprint density at radius 1 is 1.02 bits per heavy atom. The number of alkyl halides is 3. The summed E-state index contributed by atoms with van der Waals surface area (Å²) in [6.07, 6.45) is -2.37. The highest BCUT2D eigenvalue weighted by Gasteiger charge is 2.48. The average Bonchev–Trinajstić information content (AvgIpc) is 3.34. The molecule has 3 aromatic carbocycles.